The number of carboxylic acid groups (broad SMARTS) is 1. The van der Waals surface area contributed by atoms with Gasteiger partial charge in [0, 0.05) is 20.6 Å². The van der Waals surface area contributed by atoms with Crippen molar-refractivity contribution in [3.8, 4) is 0 Å². The first-order valence-corrected chi connectivity index (χ1v) is 8.17. The van der Waals surface area contributed by atoms with Gasteiger partial charge < -0.3 is 24.6 Å². The number of rotatable bonds is 8. The van der Waals surface area contributed by atoms with Crippen LogP contribution in [0.2, 0.25) is 0 Å². The summed E-state index contributed by atoms with van der Waals surface area (Å²) in [5.74, 6) is -1.50. The van der Waals surface area contributed by atoms with Crippen LogP contribution in [0.5, 0.6) is 0 Å². The van der Waals surface area contributed by atoms with E-state index in [1.807, 2.05) is 0 Å². The lowest BCUT2D eigenvalue weighted by molar-refractivity contribution is -0.175. The fourth-order valence-electron chi connectivity index (χ4n) is 2.87. The van der Waals surface area contributed by atoms with Gasteiger partial charge in [0.25, 0.3) is 0 Å². The van der Waals surface area contributed by atoms with Gasteiger partial charge in [-0.25, -0.2) is 9.59 Å². The summed E-state index contributed by atoms with van der Waals surface area (Å²) in [5.41, 5.74) is -0.437. The summed E-state index contributed by atoms with van der Waals surface area (Å²) in [7, 11) is 1.37. The molecule has 8 nitrogen and oxygen atoms in total. The van der Waals surface area contributed by atoms with Gasteiger partial charge in [-0.1, -0.05) is 19.3 Å². The largest absolute Gasteiger partial charge is 0.481 e. The molecule has 0 saturated heterocycles. The number of methoxy groups -OCH3 is 1. The zero-order chi connectivity index (χ0) is 18.2. The molecule has 0 radical (unpaired) electrons. The van der Waals surface area contributed by atoms with E-state index in [-0.39, 0.29) is 13.0 Å². The Kier molecular flexibility index (Phi) is 7.97. The molecule has 1 unspecified atom stereocenters. The SMILES string of the molecule is COC(C)C(=O)O[C@H](C)OC(=O)NCC1(CC(=O)O)CCCCC1. The summed E-state index contributed by atoms with van der Waals surface area (Å²) in [6.07, 6.45) is 1.97. The van der Waals surface area contributed by atoms with Crippen LogP contribution in [0.4, 0.5) is 4.79 Å². The van der Waals surface area contributed by atoms with E-state index < -0.39 is 35.8 Å². The van der Waals surface area contributed by atoms with Gasteiger partial charge in [-0.15, -0.1) is 0 Å². The Hall–Kier alpha value is -1.83. The smallest absolute Gasteiger partial charge is 0.410 e. The summed E-state index contributed by atoms with van der Waals surface area (Å²) < 4.78 is 14.7. The molecule has 0 aliphatic heterocycles. The lowest BCUT2D eigenvalue weighted by Crippen LogP contribution is -2.41. The number of hydrogen-bond donors (Lipinski definition) is 2. The third-order valence-corrected chi connectivity index (χ3v) is 4.29. The van der Waals surface area contributed by atoms with Gasteiger partial charge in [0.05, 0.1) is 6.42 Å². The van der Waals surface area contributed by atoms with E-state index in [9.17, 15) is 14.4 Å². The molecular weight excluding hydrogens is 318 g/mol. The number of aliphatic carboxylic acids is 1. The van der Waals surface area contributed by atoms with E-state index in [0.29, 0.717) is 0 Å². The second-order valence-electron chi connectivity index (χ2n) is 6.27. The Morgan fingerprint density at radius 2 is 1.75 bits per heavy atom. The molecule has 138 valence electrons. The van der Waals surface area contributed by atoms with Crippen molar-refractivity contribution in [2.45, 2.75) is 64.8 Å². The van der Waals surface area contributed by atoms with Crippen LogP contribution in [-0.4, -0.2) is 49.2 Å². The first-order valence-electron chi connectivity index (χ1n) is 8.17. The third-order valence-electron chi connectivity index (χ3n) is 4.29. The van der Waals surface area contributed by atoms with Crippen molar-refractivity contribution in [3.05, 3.63) is 0 Å². The molecule has 0 aromatic heterocycles. The summed E-state index contributed by atoms with van der Waals surface area (Å²) in [4.78, 5) is 34.5. The number of hydrogen-bond acceptors (Lipinski definition) is 6. The molecule has 0 aromatic carbocycles. The Morgan fingerprint density at radius 1 is 1.12 bits per heavy atom. The first-order chi connectivity index (χ1) is 11.3. The lowest BCUT2D eigenvalue weighted by Gasteiger charge is -2.36. The summed E-state index contributed by atoms with van der Waals surface area (Å²) >= 11 is 0. The van der Waals surface area contributed by atoms with Crippen LogP contribution in [0.15, 0.2) is 0 Å². The van der Waals surface area contributed by atoms with Crippen molar-refractivity contribution in [3.63, 3.8) is 0 Å². The summed E-state index contributed by atoms with van der Waals surface area (Å²) in [6, 6.07) is 0. The molecule has 0 bridgehead atoms. The zero-order valence-electron chi connectivity index (χ0n) is 14.5. The third kappa shape index (κ3) is 6.74. The number of amides is 1. The highest BCUT2D eigenvalue weighted by Crippen LogP contribution is 2.38. The summed E-state index contributed by atoms with van der Waals surface area (Å²) in [6.45, 7) is 3.18. The van der Waals surface area contributed by atoms with Crippen LogP contribution in [0.1, 0.15) is 52.4 Å². The molecule has 1 fully saturated rings. The van der Waals surface area contributed by atoms with Crippen LogP contribution in [0.25, 0.3) is 0 Å². The van der Waals surface area contributed by atoms with Gasteiger partial charge >= 0.3 is 18.0 Å². The standard InChI is InChI=1S/C16H27NO7/c1-11(22-3)14(20)23-12(2)24-15(21)17-10-16(9-13(18)19)7-5-4-6-8-16/h11-12H,4-10H2,1-3H3,(H,17,21)(H,18,19)/t11?,12-/m0/s1. The van der Waals surface area contributed by atoms with Crippen molar-refractivity contribution in [2.24, 2.45) is 5.41 Å². The molecule has 0 heterocycles. The molecule has 1 saturated carbocycles. The Morgan fingerprint density at radius 3 is 2.29 bits per heavy atom. The summed E-state index contributed by atoms with van der Waals surface area (Å²) in [5, 5.41) is 11.7. The molecular formula is C16H27NO7. The first kappa shape index (κ1) is 20.2. The number of carbonyl (C=O) groups excluding carboxylic acids is 2. The molecule has 1 amide bonds. The van der Waals surface area contributed by atoms with Gasteiger partial charge in [0.15, 0.2) is 6.10 Å². The monoisotopic (exact) mass is 345 g/mol. The van der Waals surface area contributed by atoms with Crippen LogP contribution in [0, 0.1) is 5.41 Å². The molecule has 0 aromatic rings. The average molecular weight is 345 g/mol. The quantitative estimate of drug-likeness (QED) is 0.511. The van der Waals surface area contributed by atoms with Gasteiger partial charge in [0.2, 0.25) is 6.29 Å². The maximum atomic E-state index is 11.8. The maximum Gasteiger partial charge on any atom is 0.410 e. The molecule has 1 rings (SSSR count). The van der Waals surface area contributed by atoms with Crippen molar-refractivity contribution in [2.75, 3.05) is 13.7 Å². The average Bonchev–Trinajstić information content (AvgIpc) is 2.52. The lowest BCUT2D eigenvalue weighted by atomic mass is 9.72. The molecule has 24 heavy (non-hydrogen) atoms. The van der Waals surface area contributed by atoms with Crippen molar-refractivity contribution in [1.29, 1.82) is 0 Å². The van der Waals surface area contributed by atoms with Crippen LogP contribution < -0.4 is 5.32 Å². The minimum atomic E-state index is -1.06. The van der Waals surface area contributed by atoms with E-state index in [4.69, 9.17) is 19.3 Å². The highest BCUT2D eigenvalue weighted by atomic mass is 16.7. The minimum absolute atomic E-state index is 0.0170. The predicted molar refractivity (Wildman–Crippen MR) is 84.3 cm³/mol. The normalized spacial score (nSPS) is 19.0. The van der Waals surface area contributed by atoms with Crippen molar-refractivity contribution in [1.82, 2.24) is 5.32 Å². The van der Waals surface area contributed by atoms with E-state index in [1.165, 1.54) is 21.0 Å². The fourth-order valence-corrected chi connectivity index (χ4v) is 2.87. The van der Waals surface area contributed by atoms with Gasteiger partial charge in [-0.05, 0) is 25.2 Å². The van der Waals surface area contributed by atoms with Crippen LogP contribution >= 0.6 is 0 Å². The number of esters is 1. The van der Waals surface area contributed by atoms with E-state index in [2.05, 4.69) is 5.32 Å². The number of alkyl carbamates (subject to hydrolysis) is 1. The molecule has 1 aliphatic rings. The maximum absolute atomic E-state index is 11.8. The zero-order valence-corrected chi connectivity index (χ0v) is 14.5. The predicted octanol–water partition coefficient (Wildman–Crippen LogP) is 2.06. The minimum Gasteiger partial charge on any atom is -0.481 e. The Labute approximate surface area is 141 Å². The molecule has 1 aliphatic carbocycles. The van der Waals surface area contributed by atoms with E-state index in [1.54, 1.807) is 0 Å². The number of nitrogens with one attached hydrogen (secondary N) is 1. The van der Waals surface area contributed by atoms with Gasteiger partial charge in [-0.2, -0.15) is 0 Å². The van der Waals surface area contributed by atoms with E-state index >= 15 is 0 Å². The van der Waals surface area contributed by atoms with E-state index in [0.717, 1.165) is 32.1 Å². The number of carbonyl (C=O) groups is 3. The van der Waals surface area contributed by atoms with Crippen molar-refractivity contribution < 1.29 is 33.7 Å². The van der Waals surface area contributed by atoms with Gasteiger partial charge in [0.1, 0.15) is 0 Å². The molecule has 2 N–H and O–H groups in total. The molecule has 2 atom stereocenters. The fraction of sp³-hybridized carbons (Fsp3) is 0.812. The highest BCUT2D eigenvalue weighted by molar-refractivity contribution is 5.74. The number of carboxylic acids is 1. The second-order valence-corrected chi connectivity index (χ2v) is 6.27. The van der Waals surface area contributed by atoms with Crippen LogP contribution in [-0.2, 0) is 23.8 Å². The topological polar surface area (TPSA) is 111 Å². The molecule has 8 heteroatoms. The number of ether oxygens (including phenoxy) is 3. The van der Waals surface area contributed by atoms with Crippen molar-refractivity contribution >= 4 is 18.0 Å². The van der Waals surface area contributed by atoms with Crippen LogP contribution in [0.3, 0.4) is 0 Å². The molecule has 0 spiro atoms. The Balaban J connectivity index is 2.45. The van der Waals surface area contributed by atoms with Gasteiger partial charge in [-0.3, -0.25) is 4.79 Å². The highest BCUT2D eigenvalue weighted by Gasteiger charge is 2.35. The second kappa shape index (κ2) is 9.46. The Bertz CT molecular complexity index is 446.